The molecule has 0 bridgehead atoms. The molecule has 5 heteroatoms. The van der Waals surface area contributed by atoms with Crippen molar-refractivity contribution < 1.29 is 14.3 Å². The number of ketones is 1. The summed E-state index contributed by atoms with van der Waals surface area (Å²) in [7, 11) is 0. The lowest BCUT2D eigenvalue weighted by molar-refractivity contribution is -0.143. The highest BCUT2D eigenvalue weighted by atomic mass is 16.5. The van der Waals surface area contributed by atoms with Gasteiger partial charge in [-0.25, -0.2) is 0 Å². The summed E-state index contributed by atoms with van der Waals surface area (Å²) in [5, 5.41) is 1.08. The molecule has 22 heavy (non-hydrogen) atoms. The second-order valence-electron chi connectivity index (χ2n) is 5.10. The number of hydrogen-bond acceptors (Lipinski definition) is 3. The molecule has 0 aliphatic rings. The second kappa shape index (κ2) is 5.89. The Balaban J connectivity index is 1.66. The topological polar surface area (TPSA) is 64.1 Å². The fraction of sp³-hybridized carbons (Fsp3) is 0.176. The monoisotopic (exact) mass is 296 g/mol. The first-order valence-corrected chi connectivity index (χ1v) is 7.02. The van der Waals surface area contributed by atoms with Gasteiger partial charge in [-0.1, -0.05) is 18.2 Å². The maximum Gasteiger partial charge on any atom is 0.326 e. The number of hydrogen-bond donors (Lipinski definition) is 1. The SMILES string of the molecule is Cc1cc2ccccc2n1CC(=O)OCC(=O)c1ccc[nH]1. The molecular formula is C17H16N2O3. The van der Waals surface area contributed by atoms with Gasteiger partial charge < -0.3 is 14.3 Å². The predicted octanol–water partition coefficient (Wildman–Crippen LogP) is 2.70. The molecule has 0 radical (unpaired) electrons. The van der Waals surface area contributed by atoms with Crippen molar-refractivity contribution in [3.63, 3.8) is 0 Å². The van der Waals surface area contributed by atoms with E-state index in [1.807, 2.05) is 41.8 Å². The van der Waals surface area contributed by atoms with E-state index < -0.39 is 5.97 Å². The highest BCUT2D eigenvalue weighted by Crippen LogP contribution is 2.19. The summed E-state index contributed by atoms with van der Waals surface area (Å²) in [5.41, 5.74) is 2.40. The van der Waals surface area contributed by atoms with E-state index in [9.17, 15) is 9.59 Å². The van der Waals surface area contributed by atoms with Crippen molar-refractivity contribution in [2.75, 3.05) is 6.61 Å². The van der Waals surface area contributed by atoms with Crippen LogP contribution in [0.5, 0.6) is 0 Å². The largest absolute Gasteiger partial charge is 0.456 e. The number of benzene rings is 1. The second-order valence-corrected chi connectivity index (χ2v) is 5.10. The van der Waals surface area contributed by atoms with Crippen LogP contribution < -0.4 is 0 Å². The number of rotatable bonds is 5. The summed E-state index contributed by atoms with van der Waals surface area (Å²) in [6, 6.07) is 13.2. The van der Waals surface area contributed by atoms with Gasteiger partial charge in [0.1, 0.15) is 6.54 Å². The number of para-hydroxylation sites is 1. The van der Waals surface area contributed by atoms with Gasteiger partial charge in [0.25, 0.3) is 0 Å². The fourth-order valence-electron chi connectivity index (χ4n) is 2.46. The fourth-order valence-corrected chi connectivity index (χ4v) is 2.46. The number of carbonyl (C=O) groups excluding carboxylic acids is 2. The molecular weight excluding hydrogens is 280 g/mol. The molecule has 0 amide bonds. The maximum atomic E-state index is 12.0. The summed E-state index contributed by atoms with van der Waals surface area (Å²) >= 11 is 0. The van der Waals surface area contributed by atoms with Crippen LogP contribution in [0.1, 0.15) is 16.2 Å². The van der Waals surface area contributed by atoms with Gasteiger partial charge in [0.15, 0.2) is 6.61 Å². The van der Waals surface area contributed by atoms with Crippen LogP contribution in [0.3, 0.4) is 0 Å². The van der Waals surface area contributed by atoms with Crippen molar-refractivity contribution in [1.29, 1.82) is 0 Å². The molecule has 3 rings (SSSR count). The molecule has 3 aromatic rings. The predicted molar refractivity (Wildman–Crippen MR) is 82.8 cm³/mol. The number of aromatic amines is 1. The van der Waals surface area contributed by atoms with Crippen molar-refractivity contribution in [1.82, 2.24) is 9.55 Å². The van der Waals surface area contributed by atoms with Crippen LogP contribution in [0, 0.1) is 6.92 Å². The van der Waals surface area contributed by atoms with Crippen molar-refractivity contribution in [3.05, 3.63) is 60.0 Å². The zero-order chi connectivity index (χ0) is 15.5. The summed E-state index contributed by atoms with van der Waals surface area (Å²) in [6.07, 6.45) is 1.66. The molecule has 0 saturated heterocycles. The first-order valence-electron chi connectivity index (χ1n) is 7.02. The van der Waals surface area contributed by atoms with Gasteiger partial charge in [-0.05, 0) is 36.6 Å². The average Bonchev–Trinajstić information content (AvgIpc) is 3.14. The minimum atomic E-state index is -0.427. The molecule has 5 nitrogen and oxygen atoms in total. The molecule has 2 aromatic heterocycles. The van der Waals surface area contributed by atoms with Crippen LogP contribution in [-0.4, -0.2) is 27.9 Å². The van der Waals surface area contributed by atoms with Crippen LogP contribution in [0.25, 0.3) is 10.9 Å². The smallest absolute Gasteiger partial charge is 0.326 e. The number of aromatic nitrogens is 2. The first kappa shape index (κ1) is 14.1. The molecule has 0 aliphatic heterocycles. The normalized spacial score (nSPS) is 10.8. The number of carbonyl (C=O) groups is 2. The number of Topliss-reactive ketones (excluding diaryl/α,β-unsaturated/α-hetero) is 1. The lowest BCUT2D eigenvalue weighted by atomic mass is 10.2. The van der Waals surface area contributed by atoms with E-state index in [0.717, 1.165) is 16.6 Å². The maximum absolute atomic E-state index is 12.0. The molecule has 0 unspecified atom stereocenters. The van der Waals surface area contributed by atoms with Crippen LogP contribution in [-0.2, 0) is 16.1 Å². The third-order valence-corrected chi connectivity index (χ3v) is 3.57. The number of ether oxygens (including phenoxy) is 1. The molecule has 0 aliphatic carbocycles. The number of H-pyrrole nitrogens is 1. The van der Waals surface area contributed by atoms with E-state index in [2.05, 4.69) is 4.98 Å². The molecule has 0 atom stereocenters. The summed E-state index contributed by atoms with van der Waals surface area (Å²) in [5.74, 6) is -0.670. The Morgan fingerprint density at radius 1 is 1.18 bits per heavy atom. The summed E-state index contributed by atoms with van der Waals surface area (Å²) in [6.45, 7) is 1.78. The molecule has 0 saturated carbocycles. The average molecular weight is 296 g/mol. The van der Waals surface area contributed by atoms with Crippen molar-refractivity contribution in [2.24, 2.45) is 0 Å². The minimum Gasteiger partial charge on any atom is -0.456 e. The van der Waals surface area contributed by atoms with Gasteiger partial charge >= 0.3 is 5.97 Å². The van der Waals surface area contributed by atoms with E-state index >= 15 is 0 Å². The van der Waals surface area contributed by atoms with Gasteiger partial charge in [-0.3, -0.25) is 9.59 Å². The van der Waals surface area contributed by atoms with E-state index in [4.69, 9.17) is 4.74 Å². The Kier molecular flexibility index (Phi) is 3.78. The van der Waals surface area contributed by atoms with Gasteiger partial charge in [0, 0.05) is 17.4 Å². The standard InChI is InChI=1S/C17H16N2O3/c1-12-9-13-5-2-3-7-15(13)19(12)10-17(21)22-11-16(20)14-6-4-8-18-14/h2-9,18H,10-11H2,1H3. The summed E-state index contributed by atoms with van der Waals surface area (Å²) in [4.78, 5) is 26.5. The molecule has 0 spiro atoms. The Morgan fingerprint density at radius 3 is 2.77 bits per heavy atom. The molecule has 0 fully saturated rings. The Bertz CT molecular complexity index is 816. The zero-order valence-electron chi connectivity index (χ0n) is 12.2. The number of esters is 1. The van der Waals surface area contributed by atoms with E-state index in [1.54, 1.807) is 18.3 Å². The van der Waals surface area contributed by atoms with Crippen LogP contribution in [0.2, 0.25) is 0 Å². The molecule has 1 aromatic carbocycles. The number of fused-ring (bicyclic) bond motifs is 1. The van der Waals surface area contributed by atoms with Crippen LogP contribution in [0.15, 0.2) is 48.7 Å². The highest BCUT2D eigenvalue weighted by molar-refractivity contribution is 5.96. The lowest BCUT2D eigenvalue weighted by Crippen LogP contribution is -2.19. The summed E-state index contributed by atoms with van der Waals surface area (Å²) < 4.78 is 6.96. The molecule has 2 heterocycles. The van der Waals surface area contributed by atoms with Crippen LogP contribution in [0.4, 0.5) is 0 Å². The van der Waals surface area contributed by atoms with Crippen molar-refractivity contribution in [3.8, 4) is 0 Å². The third kappa shape index (κ3) is 2.79. The number of nitrogens with one attached hydrogen (secondary N) is 1. The lowest BCUT2D eigenvalue weighted by Gasteiger charge is -2.08. The molecule has 1 N–H and O–H groups in total. The van der Waals surface area contributed by atoms with Gasteiger partial charge in [0.05, 0.1) is 5.69 Å². The van der Waals surface area contributed by atoms with E-state index in [0.29, 0.717) is 5.69 Å². The van der Waals surface area contributed by atoms with E-state index in [-0.39, 0.29) is 18.9 Å². The molecule has 112 valence electrons. The zero-order valence-corrected chi connectivity index (χ0v) is 12.2. The first-order chi connectivity index (χ1) is 10.6. The van der Waals surface area contributed by atoms with Crippen molar-refractivity contribution >= 4 is 22.7 Å². The Morgan fingerprint density at radius 2 is 2.00 bits per heavy atom. The van der Waals surface area contributed by atoms with Gasteiger partial charge in [-0.2, -0.15) is 0 Å². The van der Waals surface area contributed by atoms with E-state index in [1.165, 1.54) is 0 Å². The number of aryl methyl sites for hydroxylation is 1. The third-order valence-electron chi connectivity index (χ3n) is 3.57. The minimum absolute atomic E-state index is 0.0946. The quantitative estimate of drug-likeness (QED) is 0.581. The number of nitrogens with zero attached hydrogens (tertiary/aromatic N) is 1. The van der Waals surface area contributed by atoms with Crippen molar-refractivity contribution in [2.45, 2.75) is 13.5 Å². The Hall–Kier alpha value is -2.82. The van der Waals surface area contributed by atoms with Gasteiger partial charge in [-0.15, -0.1) is 0 Å². The Labute approximate surface area is 127 Å². The van der Waals surface area contributed by atoms with Gasteiger partial charge in [0.2, 0.25) is 5.78 Å². The highest BCUT2D eigenvalue weighted by Gasteiger charge is 2.13. The van der Waals surface area contributed by atoms with Crippen LogP contribution >= 0.6 is 0 Å².